The van der Waals surface area contributed by atoms with Gasteiger partial charge in [0.25, 0.3) is 5.56 Å². The molecule has 1 unspecified atom stereocenters. The van der Waals surface area contributed by atoms with E-state index in [0.717, 1.165) is 31.7 Å². The highest BCUT2D eigenvalue weighted by Crippen LogP contribution is 2.33. The van der Waals surface area contributed by atoms with Crippen molar-refractivity contribution in [1.82, 2.24) is 24.8 Å². The Morgan fingerprint density at radius 1 is 1.11 bits per heavy atom. The number of benzene rings is 1. The third kappa shape index (κ3) is 5.02. The maximum Gasteiger partial charge on any atom is 0.259 e. The average Bonchev–Trinajstić information content (AvgIpc) is 2.89. The van der Waals surface area contributed by atoms with Crippen LogP contribution >= 0.6 is 23.2 Å². The number of ether oxygens (including phenoxy) is 1. The van der Waals surface area contributed by atoms with Gasteiger partial charge in [-0.3, -0.25) is 9.36 Å². The molecule has 1 atom stereocenters. The van der Waals surface area contributed by atoms with Crippen LogP contribution in [0.2, 0.25) is 10.0 Å². The number of aromatic nitrogens is 4. The fourth-order valence-corrected chi connectivity index (χ4v) is 5.11. The van der Waals surface area contributed by atoms with Gasteiger partial charge in [-0.05, 0) is 69.1 Å². The highest BCUT2D eigenvalue weighted by Gasteiger charge is 2.21. The van der Waals surface area contributed by atoms with Crippen molar-refractivity contribution in [2.45, 2.75) is 25.9 Å². The first-order valence-corrected chi connectivity index (χ1v) is 12.6. The summed E-state index contributed by atoms with van der Waals surface area (Å²) >= 11 is 12.7. The number of nitrogens with zero attached hydrogens (tertiary/aromatic N) is 4. The van der Waals surface area contributed by atoms with Crippen molar-refractivity contribution in [2.24, 2.45) is 13.0 Å². The van der Waals surface area contributed by atoms with Crippen LogP contribution in [0.15, 0.2) is 53.6 Å². The van der Waals surface area contributed by atoms with Crippen LogP contribution in [0.25, 0.3) is 22.2 Å². The van der Waals surface area contributed by atoms with Gasteiger partial charge in [-0.2, -0.15) is 4.98 Å². The Kier molecular flexibility index (Phi) is 7.09. The van der Waals surface area contributed by atoms with E-state index in [1.54, 1.807) is 43.7 Å². The van der Waals surface area contributed by atoms with Gasteiger partial charge in [-0.25, -0.2) is 9.97 Å². The van der Waals surface area contributed by atoms with Gasteiger partial charge < -0.3 is 15.4 Å². The summed E-state index contributed by atoms with van der Waals surface area (Å²) < 4.78 is 7.57. The van der Waals surface area contributed by atoms with Gasteiger partial charge in [-0.15, -0.1) is 0 Å². The summed E-state index contributed by atoms with van der Waals surface area (Å²) in [5.74, 6) is 2.15. The number of rotatable bonds is 6. The zero-order valence-electron chi connectivity index (χ0n) is 20.0. The summed E-state index contributed by atoms with van der Waals surface area (Å²) in [6, 6.07) is 10.6. The molecule has 2 N–H and O–H groups in total. The normalized spacial score (nSPS) is 15.1. The molecule has 4 aromatic rings. The van der Waals surface area contributed by atoms with E-state index >= 15 is 0 Å². The monoisotopic (exact) mass is 524 g/mol. The van der Waals surface area contributed by atoms with Gasteiger partial charge >= 0.3 is 0 Å². The zero-order valence-corrected chi connectivity index (χ0v) is 21.5. The molecule has 3 aromatic heterocycles. The van der Waals surface area contributed by atoms with Crippen LogP contribution in [-0.2, 0) is 7.05 Å². The van der Waals surface area contributed by atoms with Crippen molar-refractivity contribution in [3.8, 4) is 16.9 Å². The topological polar surface area (TPSA) is 94.0 Å². The van der Waals surface area contributed by atoms with Crippen molar-refractivity contribution >= 4 is 46.0 Å². The molecule has 5 rings (SSSR count). The number of fused-ring (bicyclic) bond motifs is 1. The third-order valence-electron chi connectivity index (χ3n) is 6.53. The third-order valence-corrected chi connectivity index (χ3v) is 7.16. The van der Waals surface area contributed by atoms with Crippen LogP contribution in [0.5, 0.6) is 5.75 Å². The number of hydrogen-bond donors (Lipinski definition) is 2. The van der Waals surface area contributed by atoms with E-state index in [-0.39, 0.29) is 11.7 Å². The molecule has 1 aliphatic heterocycles. The smallest absolute Gasteiger partial charge is 0.259 e. The Morgan fingerprint density at radius 3 is 2.56 bits per heavy atom. The van der Waals surface area contributed by atoms with E-state index in [2.05, 4.69) is 32.5 Å². The molecule has 0 saturated carbocycles. The van der Waals surface area contributed by atoms with Gasteiger partial charge in [0.15, 0.2) is 0 Å². The Hall–Kier alpha value is -3.20. The first-order valence-electron chi connectivity index (χ1n) is 11.8. The minimum atomic E-state index is -0.260. The fraction of sp³-hybridized carbons (Fsp3) is 0.308. The second kappa shape index (κ2) is 10.4. The second-order valence-corrected chi connectivity index (χ2v) is 9.72. The fourth-order valence-electron chi connectivity index (χ4n) is 4.50. The average molecular weight is 525 g/mol. The number of anilines is 2. The van der Waals surface area contributed by atoms with Crippen LogP contribution in [0.4, 0.5) is 11.8 Å². The zero-order chi connectivity index (χ0) is 25.2. The van der Waals surface area contributed by atoms with Gasteiger partial charge in [0, 0.05) is 24.2 Å². The Morgan fingerprint density at radius 2 is 1.86 bits per heavy atom. The van der Waals surface area contributed by atoms with Crippen molar-refractivity contribution < 1.29 is 4.74 Å². The first-order chi connectivity index (χ1) is 17.4. The minimum absolute atomic E-state index is 0.128. The molecule has 186 valence electrons. The highest BCUT2D eigenvalue weighted by atomic mass is 35.5. The number of halogens is 2. The molecule has 4 heterocycles. The van der Waals surface area contributed by atoms with E-state index in [1.807, 2.05) is 12.1 Å². The summed E-state index contributed by atoms with van der Waals surface area (Å²) in [6.07, 6.45) is 5.70. The summed E-state index contributed by atoms with van der Waals surface area (Å²) in [5.41, 5.74) is 1.09. The standard InChI is InChI=1S/C26H26Cl2N6O2/c1-15(16-8-10-29-11-9-16)36-18-6-7-22(30-14-18)32-26-31-13-17-12-19(25(35)34(2)24(17)33-26)23-20(27)4-3-5-21(23)28/h3-7,12-16,29H,8-11H2,1-2H3,(H,30,31,32,33). The van der Waals surface area contributed by atoms with E-state index in [0.29, 0.717) is 49.9 Å². The molecule has 8 nitrogen and oxygen atoms in total. The van der Waals surface area contributed by atoms with Gasteiger partial charge in [0.2, 0.25) is 5.95 Å². The van der Waals surface area contributed by atoms with E-state index < -0.39 is 0 Å². The summed E-state index contributed by atoms with van der Waals surface area (Å²) in [4.78, 5) is 26.5. The number of piperidine rings is 1. The molecule has 1 aliphatic rings. The maximum atomic E-state index is 13.1. The molecule has 10 heteroatoms. The molecule has 0 spiro atoms. The minimum Gasteiger partial charge on any atom is -0.489 e. The molecular weight excluding hydrogens is 499 g/mol. The van der Waals surface area contributed by atoms with Crippen molar-refractivity contribution in [3.63, 3.8) is 0 Å². The van der Waals surface area contributed by atoms with Crippen LogP contribution in [0.3, 0.4) is 0 Å². The molecule has 0 radical (unpaired) electrons. The van der Waals surface area contributed by atoms with Crippen molar-refractivity contribution in [2.75, 3.05) is 18.4 Å². The largest absolute Gasteiger partial charge is 0.489 e. The van der Waals surface area contributed by atoms with Gasteiger partial charge in [0.05, 0.1) is 27.9 Å². The lowest BCUT2D eigenvalue weighted by molar-refractivity contribution is 0.128. The molecule has 1 saturated heterocycles. The van der Waals surface area contributed by atoms with Crippen LogP contribution in [-0.4, -0.2) is 38.7 Å². The van der Waals surface area contributed by atoms with E-state index in [9.17, 15) is 4.79 Å². The number of hydrogen-bond acceptors (Lipinski definition) is 7. The molecule has 1 aromatic carbocycles. The quantitative estimate of drug-likeness (QED) is 0.357. The molecule has 36 heavy (non-hydrogen) atoms. The summed E-state index contributed by atoms with van der Waals surface area (Å²) in [7, 11) is 1.66. The summed E-state index contributed by atoms with van der Waals surface area (Å²) in [5, 5.41) is 7.96. The highest BCUT2D eigenvalue weighted by molar-refractivity contribution is 6.39. The molecule has 0 aliphatic carbocycles. The number of aryl methyl sites for hydroxylation is 1. The molecule has 0 bridgehead atoms. The Labute approximate surface area is 218 Å². The molecule has 1 fully saturated rings. The van der Waals surface area contributed by atoms with E-state index in [1.165, 1.54) is 4.57 Å². The lowest BCUT2D eigenvalue weighted by Crippen LogP contribution is -2.35. The predicted octanol–water partition coefficient (Wildman–Crippen LogP) is 5.21. The summed E-state index contributed by atoms with van der Waals surface area (Å²) in [6.45, 7) is 4.18. The van der Waals surface area contributed by atoms with Crippen molar-refractivity contribution in [3.05, 3.63) is 69.2 Å². The van der Waals surface area contributed by atoms with Crippen LogP contribution < -0.4 is 20.9 Å². The Balaban J connectivity index is 1.36. The van der Waals surface area contributed by atoms with Gasteiger partial charge in [0.1, 0.15) is 17.2 Å². The molecule has 0 amide bonds. The van der Waals surface area contributed by atoms with Crippen LogP contribution in [0, 0.1) is 5.92 Å². The predicted molar refractivity (Wildman–Crippen MR) is 143 cm³/mol. The Bertz CT molecular complexity index is 1430. The number of pyridine rings is 2. The van der Waals surface area contributed by atoms with Gasteiger partial charge in [-0.1, -0.05) is 29.3 Å². The number of nitrogens with one attached hydrogen (secondary N) is 2. The lowest BCUT2D eigenvalue weighted by Gasteiger charge is -2.28. The molecular formula is C26H26Cl2N6O2. The van der Waals surface area contributed by atoms with Crippen molar-refractivity contribution in [1.29, 1.82) is 0 Å². The first kappa shape index (κ1) is 24.5. The lowest BCUT2D eigenvalue weighted by atomic mass is 9.93. The SMILES string of the molecule is CC(Oc1ccc(Nc2ncc3cc(-c4c(Cl)cccc4Cl)c(=O)n(C)c3n2)nc1)C1CCNCC1. The van der Waals surface area contributed by atoms with E-state index in [4.69, 9.17) is 27.9 Å². The second-order valence-electron chi connectivity index (χ2n) is 8.91. The maximum absolute atomic E-state index is 13.1. The van der Waals surface area contributed by atoms with Crippen LogP contribution in [0.1, 0.15) is 19.8 Å².